The van der Waals surface area contributed by atoms with Crippen molar-refractivity contribution in [2.75, 3.05) is 6.61 Å². The summed E-state index contributed by atoms with van der Waals surface area (Å²) in [5.74, 6) is 1.81. The van der Waals surface area contributed by atoms with E-state index in [0.717, 1.165) is 25.7 Å². The van der Waals surface area contributed by atoms with Gasteiger partial charge in [-0.2, -0.15) is 0 Å². The van der Waals surface area contributed by atoms with Gasteiger partial charge in [-0.25, -0.2) is 0 Å². The van der Waals surface area contributed by atoms with Gasteiger partial charge in [0, 0.05) is 6.61 Å². The largest absolute Gasteiger partial charge is 0.396 e. The van der Waals surface area contributed by atoms with Crippen LogP contribution in [0.15, 0.2) is 11.6 Å². The minimum absolute atomic E-state index is 0.0131. The molecule has 0 aromatic carbocycles. The second-order valence-electron chi connectivity index (χ2n) is 8.87. The molecule has 0 saturated heterocycles. The van der Waals surface area contributed by atoms with Gasteiger partial charge in [0.1, 0.15) is 0 Å². The van der Waals surface area contributed by atoms with Crippen molar-refractivity contribution in [2.24, 2.45) is 28.6 Å². The van der Waals surface area contributed by atoms with Crippen LogP contribution in [-0.2, 0) is 0 Å². The lowest BCUT2D eigenvalue weighted by Gasteiger charge is -2.58. The third-order valence-electron chi connectivity index (χ3n) is 7.10. The molecule has 0 aromatic heterocycles. The Morgan fingerprint density at radius 2 is 1.95 bits per heavy atom. The van der Waals surface area contributed by atoms with Gasteiger partial charge in [-0.3, -0.25) is 0 Å². The Hall–Kier alpha value is -0.340. The lowest BCUT2D eigenvalue weighted by Crippen LogP contribution is -2.54. The van der Waals surface area contributed by atoms with Crippen molar-refractivity contribution in [3.05, 3.63) is 11.6 Å². The molecule has 0 aromatic rings. The monoisotopic (exact) mass is 308 g/mol. The maximum absolute atomic E-state index is 10.5. The van der Waals surface area contributed by atoms with Crippen molar-refractivity contribution < 1.29 is 10.2 Å². The zero-order chi connectivity index (χ0) is 16.5. The fourth-order valence-electron chi connectivity index (χ4n) is 5.41. The maximum Gasteiger partial charge on any atom is 0.0594 e. The zero-order valence-electron chi connectivity index (χ0n) is 15.2. The van der Waals surface area contributed by atoms with Gasteiger partial charge >= 0.3 is 0 Å². The first-order valence-electron chi connectivity index (χ1n) is 9.19. The summed E-state index contributed by atoms with van der Waals surface area (Å²) in [5.41, 5.74) is 1.89. The van der Waals surface area contributed by atoms with Crippen LogP contribution in [0.25, 0.3) is 0 Å². The molecular formula is C20H36O2. The highest BCUT2D eigenvalue weighted by Crippen LogP contribution is 2.60. The standard InChI is InChI=1S/C20H36O2/c1-14(11-13-21)6-8-16-15(2)7-9-17-19(3,4)18(22)10-12-20(16,17)5/h7,14,16-18,21-22H,6,8-13H2,1-5H3/t14-,16-,17-,18+,20+/m0/s1. The highest BCUT2D eigenvalue weighted by atomic mass is 16.3. The van der Waals surface area contributed by atoms with Gasteiger partial charge in [0.25, 0.3) is 0 Å². The number of aliphatic hydroxyl groups excluding tert-OH is 2. The SMILES string of the molecule is CC1=CC[C@H]2C(C)(C)[C@H](O)CC[C@]2(C)[C@H]1CC[C@H](C)CCO. The van der Waals surface area contributed by atoms with E-state index in [1.165, 1.54) is 12.8 Å². The lowest BCUT2D eigenvalue weighted by atomic mass is 9.47. The Morgan fingerprint density at radius 1 is 1.27 bits per heavy atom. The molecule has 22 heavy (non-hydrogen) atoms. The summed E-state index contributed by atoms with van der Waals surface area (Å²) < 4.78 is 0. The fraction of sp³-hybridized carbons (Fsp3) is 0.900. The molecule has 1 saturated carbocycles. The Morgan fingerprint density at radius 3 is 2.59 bits per heavy atom. The molecule has 0 heterocycles. The van der Waals surface area contributed by atoms with Crippen LogP contribution in [0.1, 0.15) is 73.1 Å². The first kappa shape index (κ1) is 18.0. The van der Waals surface area contributed by atoms with Gasteiger partial charge in [0.05, 0.1) is 6.10 Å². The van der Waals surface area contributed by atoms with Crippen LogP contribution in [0, 0.1) is 28.6 Å². The summed E-state index contributed by atoms with van der Waals surface area (Å²) in [5, 5.41) is 19.6. The van der Waals surface area contributed by atoms with E-state index in [4.69, 9.17) is 5.11 Å². The highest BCUT2D eigenvalue weighted by Gasteiger charge is 2.54. The third kappa shape index (κ3) is 3.14. The first-order valence-corrected chi connectivity index (χ1v) is 9.19. The van der Waals surface area contributed by atoms with Gasteiger partial charge < -0.3 is 10.2 Å². The number of hydrogen-bond donors (Lipinski definition) is 2. The molecule has 2 N–H and O–H groups in total. The molecule has 5 atom stereocenters. The second-order valence-corrected chi connectivity index (χ2v) is 8.87. The third-order valence-corrected chi connectivity index (χ3v) is 7.10. The van der Waals surface area contributed by atoms with E-state index < -0.39 is 0 Å². The highest BCUT2D eigenvalue weighted by molar-refractivity contribution is 5.19. The second kappa shape index (κ2) is 6.65. The predicted molar refractivity (Wildman–Crippen MR) is 92.6 cm³/mol. The molecule has 2 aliphatic carbocycles. The zero-order valence-corrected chi connectivity index (χ0v) is 15.2. The van der Waals surface area contributed by atoms with E-state index in [0.29, 0.717) is 29.8 Å². The van der Waals surface area contributed by atoms with Gasteiger partial charge in [0.15, 0.2) is 0 Å². The normalized spacial score (nSPS) is 39.0. The van der Waals surface area contributed by atoms with Crippen molar-refractivity contribution in [1.29, 1.82) is 0 Å². The summed E-state index contributed by atoms with van der Waals surface area (Å²) in [6.07, 6.45) is 8.82. The molecule has 2 heteroatoms. The van der Waals surface area contributed by atoms with Crippen molar-refractivity contribution in [3.8, 4) is 0 Å². The summed E-state index contributed by atoms with van der Waals surface area (Å²) in [7, 11) is 0. The molecule has 2 rings (SSSR count). The summed E-state index contributed by atoms with van der Waals surface area (Å²) >= 11 is 0. The molecule has 2 aliphatic rings. The molecule has 128 valence electrons. The van der Waals surface area contributed by atoms with Crippen LogP contribution >= 0.6 is 0 Å². The number of fused-ring (bicyclic) bond motifs is 1. The Kier molecular flexibility index (Phi) is 5.44. The van der Waals surface area contributed by atoms with Crippen molar-refractivity contribution >= 4 is 0 Å². The Balaban J connectivity index is 2.18. The van der Waals surface area contributed by atoms with E-state index >= 15 is 0 Å². The van der Waals surface area contributed by atoms with E-state index in [2.05, 4.69) is 40.7 Å². The van der Waals surface area contributed by atoms with E-state index in [1.807, 2.05) is 0 Å². The molecule has 0 spiro atoms. The number of rotatable bonds is 5. The van der Waals surface area contributed by atoms with Gasteiger partial charge in [-0.05, 0) is 67.6 Å². The van der Waals surface area contributed by atoms with Crippen LogP contribution in [0.3, 0.4) is 0 Å². The van der Waals surface area contributed by atoms with E-state index in [1.54, 1.807) is 5.57 Å². The molecule has 0 amide bonds. The van der Waals surface area contributed by atoms with E-state index in [-0.39, 0.29) is 11.5 Å². The molecule has 0 bridgehead atoms. The van der Waals surface area contributed by atoms with Crippen LogP contribution in [-0.4, -0.2) is 22.9 Å². The molecule has 0 unspecified atom stereocenters. The van der Waals surface area contributed by atoms with Crippen LogP contribution in [0.5, 0.6) is 0 Å². The van der Waals surface area contributed by atoms with Crippen LogP contribution < -0.4 is 0 Å². The quantitative estimate of drug-likeness (QED) is 0.731. The van der Waals surface area contributed by atoms with Gasteiger partial charge in [-0.15, -0.1) is 0 Å². The van der Waals surface area contributed by atoms with Gasteiger partial charge in [-0.1, -0.05) is 45.8 Å². The minimum atomic E-state index is -0.161. The summed E-state index contributed by atoms with van der Waals surface area (Å²) in [6.45, 7) is 11.9. The molecular weight excluding hydrogens is 272 g/mol. The lowest BCUT2D eigenvalue weighted by molar-refractivity contribution is -0.116. The number of aliphatic hydroxyl groups is 2. The molecule has 2 nitrogen and oxygen atoms in total. The fourth-order valence-corrected chi connectivity index (χ4v) is 5.41. The molecule has 0 aliphatic heterocycles. The molecule has 0 radical (unpaired) electrons. The minimum Gasteiger partial charge on any atom is -0.396 e. The van der Waals surface area contributed by atoms with Gasteiger partial charge in [0.2, 0.25) is 0 Å². The van der Waals surface area contributed by atoms with Crippen LogP contribution in [0.2, 0.25) is 0 Å². The average molecular weight is 309 g/mol. The Bertz CT molecular complexity index is 412. The topological polar surface area (TPSA) is 40.5 Å². The smallest absolute Gasteiger partial charge is 0.0594 e. The van der Waals surface area contributed by atoms with Crippen LogP contribution in [0.4, 0.5) is 0 Å². The van der Waals surface area contributed by atoms with Crippen molar-refractivity contribution in [3.63, 3.8) is 0 Å². The van der Waals surface area contributed by atoms with Crippen molar-refractivity contribution in [2.45, 2.75) is 79.2 Å². The average Bonchev–Trinajstić information content (AvgIpc) is 2.43. The molecule has 1 fully saturated rings. The maximum atomic E-state index is 10.5. The number of allylic oxidation sites excluding steroid dienone is 2. The number of hydrogen-bond acceptors (Lipinski definition) is 2. The summed E-state index contributed by atoms with van der Waals surface area (Å²) in [4.78, 5) is 0. The summed E-state index contributed by atoms with van der Waals surface area (Å²) in [6, 6.07) is 0. The van der Waals surface area contributed by atoms with E-state index in [9.17, 15) is 5.11 Å². The first-order chi connectivity index (χ1) is 10.2. The predicted octanol–water partition coefficient (Wildman–Crippen LogP) is 4.55. The Labute approximate surface area is 137 Å². The van der Waals surface area contributed by atoms with Crippen molar-refractivity contribution in [1.82, 2.24) is 0 Å².